The Morgan fingerprint density at radius 3 is 2.52 bits per heavy atom. The number of piperidine rings is 1. The first-order chi connectivity index (χ1) is 11.7. The van der Waals surface area contributed by atoms with Crippen LogP contribution in [0.5, 0.6) is 0 Å². The highest BCUT2D eigenvalue weighted by Gasteiger charge is 2.58. The van der Waals surface area contributed by atoms with Gasteiger partial charge in [0.2, 0.25) is 5.91 Å². The molecule has 1 aromatic rings. The molecule has 2 unspecified atom stereocenters. The molecule has 2 atom stereocenters. The summed E-state index contributed by atoms with van der Waals surface area (Å²) in [5.41, 5.74) is 1.60. The van der Waals surface area contributed by atoms with Crippen molar-refractivity contribution >= 4 is 18.3 Å². The quantitative estimate of drug-likeness (QED) is 0.768. The lowest BCUT2D eigenvalue weighted by molar-refractivity contribution is -0.136. The molecule has 1 heterocycles. The highest BCUT2D eigenvalue weighted by molar-refractivity contribution is 5.85. The highest BCUT2D eigenvalue weighted by Crippen LogP contribution is 2.59. The molecular formula is C21H33ClN2O. The fourth-order valence-electron chi connectivity index (χ4n) is 4.43. The van der Waals surface area contributed by atoms with Crippen molar-refractivity contribution in [2.45, 2.75) is 58.4 Å². The van der Waals surface area contributed by atoms with Crippen LogP contribution in [0.3, 0.4) is 0 Å². The molecule has 1 N–H and O–H groups in total. The zero-order valence-corrected chi connectivity index (χ0v) is 16.5. The van der Waals surface area contributed by atoms with Gasteiger partial charge in [-0.05, 0) is 56.2 Å². The van der Waals surface area contributed by atoms with Gasteiger partial charge < -0.3 is 10.2 Å². The number of hydrogen-bond acceptors (Lipinski definition) is 2. The van der Waals surface area contributed by atoms with Gasteiger partial charge in [0.1, 0.15) is 0 Å². The highest BCUT2D eigenvalue weighted by atomic mass is 35.5. The van der Waals surface area contributed by atoms with Crippen LogP contribution in [0, 0.1) is 11.3 Å². The van der Waals surface area contributed by atoms with Crippen LogP contribution in [0.2, 0.25) is 0 Å². The van der Waals surface area contributed by atoms with E-state index in [1.807, 2.05) is 0 Å². The molecule has 140 valence electrons. The Bertz CT molecular complexity index is 542. The summed E-state index contributed by atoms with van der Waals surface area (Å²) in [5, 5.41) is 3.44. The van der Waals surface area contributed by atoms with E-state index in [4.69, 9.17) is 0 Å². The van der Waals surface area contributed by atoms with E-state index in [2.05, 4.69) is 54.4 Å². The van der Waals surface area contributed by atoms with Crippen LogP contribution >= 0.6 is 12.4 Å². The maximum absolute atomic E-state index is 13.4. The lowest BCUT2D eigenvalue weighted by Crippen LogP contribution is -2.39. The van der Waals surface area contributed by atoms with Crippen LogP contribution in [0.15, 0.2) is 30.3 Å². The van der Waals surface area contributed by atoms with Crippen LogP contribution in [0.25, 0.3) is 0 Å². The number of carbonyl (C=O) groups is 1. The van der Waals surface area contributed by atoms with Crippen molar-refractivity contribution in [3.05, 3.63) is 35.9 Å². The standard InChI is InChI=1S/C21H32N2O.ClH/c1-3-5-15-23(19(4-2)17-9-7-6-8-10-17)20(24)18-16-21(18)11-13-22-14-12-21;/h6-10,18-19,22H,3-5,11-16H2,1-2H3;1H. The van der Waals surface area contributed by atoms with Gasteiger partial charge >= 0.3 is 0 Å². The number of amides is 1. The molecule has 0 aromatic heterocycles. The van der Waals surface area contributed by atoms with Gasteiger partial charge in [-0.15, -0.1) is 12.4 Å². The van der Waals surface area contributed by atoms with Gasteiger partial charge in [0.15, 0.2) is 0 Å². The molecule has 1 aliphatic carbocycles. The van der Waals surface area contributed by atoms with Crippen molar-refractivity contribution < 1.29 is 4.79 Å². The fourth-order valence-corrected chi connectivity index (χ4v) is 4.43. The maximum atomic E-state index is 13.4. The zero-order chi connectivity index (χ0) is 17.0. The molecule has 2 aliphatic rings. The summed E-state index contributed by atoms with van der Waals surface area (Å²) in [7, 11) is 0. The van der Waals surface area contributed by atoms with Crippen LogP contribution < -0.4 is 5.32 Å². The first-order valence-corrected chi connectivity index (χ1v) is 9.78. The molecule has 1 aliphatic heterocycles. The molecule has 0 bridgehead atoms. The van der Waals surface area contributed by atoms with Crippen molar-refractivity contribution in [1.82, 2.24) is 10.2 Å². The molecule has 1 saturated carbocycles. The Hall–Kier alpha value is -1.06. The van der Waals surface area contributed by atoms with E-state index >= 15 is 0 Å². The third kappa shape index (κ3) is 4.38. The monoisotopic (exact) mass is 364 g/mol. The van der Waals surface area contributed by atoms with Crippen LogP contribution in [0.4, 0.5) is 0 Å². The van der Waals surface area contributed by atoms with Crippen molar-refractivity contribution in [3.8, 4) is 0 Å². The third-order valence-corrected chi connectivity index (χ3v) is 6.07. The number of benzene rings is 1. The fraction of sp³-hybridized carbons (Fsp3) is 0.667. The predicted molar refractivity (Wildman–Crippen MR) is 106 cm³/mol. The summed E-state index contributed by atoms with van der Waals surface area (Å²) in [6, 6.07) is 10.8. The molecule has 0 radical (unpaired) electrons. The minimum atomic E-state index is 0. The predicted octanol–water partition coefficient (Wildman–Crippen LogP) is 4.58. The van der Waals surface area contributed by atoms with E-state index in [0.29, 0.717) is 11.3 Å². The summed E-state index contributed by atoms with van der Waals surface area (Å²) < 4.78 is 0. The number of unbranched alkanes of at least 4 members (excludes halogenated alkanes) is 1. The van der Waals surface area contributed by atoms with Crippen molar-refractivity contribution in [1.29, 1.82) is 0 Å². The second-order valence-electron chi connectivity index (χ2n) is 7.59. The Morgan fingerprint density at radius 1 is 1.24 bits per heavy atom. The Kier molecular flexibility index (Phi) is 7.33. The van der Waals surface area contributed by atoms with Gasteiger partial charge in [0.05, 0.1) is 6.04 Å². The van der Waals surface area contributed by atoms with Crippen molar-refractivity contribution in [2.24, 2.45) is 11.3 Å². The number of hydrogen-bond donors (Lipinski definition) is 1. The normalized spacial score (nSPS) is 22.1. The van der Waals surface area contributed by atoms with E-state index in [-0.39, 0.29) is 24.4 Å². The Balaban J connectivity index is 0.00000225. The lowest BCUT2D eigenvalue weighted by Gasteiger charge is -2.33. The van der Waals surface area contributed by atoms with Crippen LogP contribution in [-0.2, 0) is 4.79 Å². The van der Waals surface area contributed by atoms with Gasteiger partial charge in [-0.1, -0.05) is 50.6 Å². The lowest BCUT2D eigenvalue weighted by atomic mass is 9.91. The SMILES string of the molecule is CCCCN(C(=O)C1CC12CCNCC2)C(CC)c1ccccc1.Cl. The van der Waals surface area contributed by atoms with E-state index < -0.39 is 0 Å². The molecular weight excluding hydrogens is 332 g/mol. The minimum Gasteiger partial charge on any atom is -0.335 e. The number of halogens is 1. The van der Waals surface area contributed by atoms with E-state index in [1.54, 1.807) is 0 Å². The average Bonchev–Trinajstić information content (AvgIpc) is 3.32. The molecule has 1 spiro atoms. The van der Waals surface area contributed by atoms with Crippen molar-refractivity contribution in [3.63, 3.8) is 0 Å². The zero-order valence-electron chi connectivity index (χ0n) is 15.7. The smallest absolute Gasteiger partial charge is 0.226 e. The first-order valence-electron chi connectivity index (χ1n) is 9.78. The second kappa shape index (κ2) is 9.05. The maximum Gasteiger partial charge on any atom is 0.226 e. The summed E-state index contributed by atoms with van der Waals surface area (Å²) in [6.07, 6.45) is 6.67. The van der Waals surface area contributed by atoms with E-state index in [9.17, 15) is 4.79 Å². The van der Waals surface area contributed by atoms with Gasteiger partial charge in [0, 0.05) is 12.5 Å². The summed E-state index contributed by atoms with van der Waals surface area (Å²) in [6.45, 7) is 7.46. The second-order valence-corrected chi connectivity index (χ2v) is 7.59. The van der Waals surface area contributed by atoms with Gasteiger partial charge in [-0.2, -0.15) is 0 Å². The number of nitrogens with zero attached hydrogens (tertiary/aromatic N) is 1. The Morgan fingerprint density at radius 2 is 1.92 bits per heavy atom. The Labute approximate surface area is 159 Å². The number of nitrogens with one attached hydrogen (secondary N) is 1. The number of rotatable bonds is 7. The molecule has 2 fully saturated rings. The van der Waals surface area contributed by atoms with Crippen LogP contribution in [0.1, 0.15) is 64.0 Å². The van der Waals surface area contributed by atoms with Gasteiger partial charge in [0.25, 0.3) is 0 Å². The molecule has 1 saturated heterocycles. The van der Waals surface area contributed by atoms with Gasteiger partial charge in [-0.3, -0.25) is 4.79 Å². The minimum absolute atomic E-state index is 0. The largest absolute Gasteiger partial charge is 0.335 e. The number of carbonyl (C=O) groups excluding carboxylic acids is 1. The van der Waals surface area contributed by atoms with E-state index in [0.717, 1.165) is 45.3 Å². The van der Waals surface area contributed by atoms with Gasteiger partial charge in [-0.25, -0.2) is 0 Å². The summed E-state index contributed by atoms with van der Waals surface area (Å²) in [5.74, 6) is 0.690. The molecule has 25 heavy (non-hydrogen) atoms. The first kappa shape index (κ1) is 20.3. The molecule has 1 amide bonds. The molecule has 3 rings (SSSR count). The third-order valence-electron chi connectivity index (χ3n) is 6.07. The molecule has 4 heteroatoms. The van der Waals surface area contributed by atoms with Crippen LogP contribution in [-0.4, -0.2) is 30.4 Å². The van der Waals surface area contributed by atoms with E-state index in [1.165, 1.54) is 18.4 Å². The van der Waals surface area contributed by atoms with Crippen molar-refractivity contribution in [2.75, 3.05) is 19.6 Å². The summed E-state index contributed by atoms with van der Waals surface area (Å²) in [4.78, 5) is 15.6. The summed E-state index contributed by atoms with van der Waals surface area (Å²) >= 11 is 0. The molecule has 3 nitrogen and oxygen atoms in total. The topological polar surface area (TPSA) is 32.3 Å². The molecule has 1 aromatic carbocycles. The average molecular weight is 365 g/mol.